The number of aromatic nitrogens is 2. The molecule has 0 bridgehead atoms. The van der Waals surface area contributed by atoms with Gasteiger partial charge in [0.25, 0.3) is 19.8 Å². The number of carbonyl (C=O) groups excluding carboxylic acids is 1. The first-order chi connectivity index (χ1) is 21.6. The molecule has 0 radical (unpaired) electrons. The second-order valence-electron chi connectivity index (χ2n) is 12.5. The topological polar surface area (TPSA) is 103 Å². The smallest absolute Gasteiger partial charge is 0.330 e. The number of hydrogen-bond acceptors (Lipinski definition) is 6. The lowest BCUT2D eigenvalue weighted by Gasteiger charge is -2.43. The van der Waals surface area contributed by atoms with E-state index in [0.29, 0.717) is 14.8 Å². The Morgan fingerprint density at radius 2 is 1.49 bits per heavy atom. The minimum Gasteiger partial charge on any atom is -0.405 e. The number of rotatable bonds is 6. The molecule has 230 valence electrons. The van der Waals surface area contributed by atoms with Gasteiger partial charge < -0.3 is 9.16 Å². The fourth-order valence-corrected chi connectivity index (χ4v) is 11.9. The summed E-state index contributed by atoms with van der Waals surface area (Å²) in [5, 5.41) is 3.31. The Balaban J connectivity index is 1.32. The van der Waals surface area contributed by atoms with Crippen LogP contribution in [0.1, 0.15) is 42.9 Å². The van der Waals surface area contributed by atoms with E-state index in [1.807, 2.05) is 83.3 Å². The number of benzene rings is 3. The van der Waals surface area contributed by atoms with Crippen molar-refractivity contribution >= 4 is 52.9 Å². The fourth-order valence-electron chi connectivity index (χ4n) is 6.86. The number of carbonyl (C=O) groups is 1. The molecule has 7 rings (SSSR count). The first-order valence-corrected chi connectivity index (χ1v) is 17.8. The number of H-pyrrole nitrogens is 1. The summed E-state index contributed by atoms with van der Waals surface area (Å²) in [5.41, 5.74) is 0.887. The van der Waals surface area contributed by atoms with Gasteiger partial charge in [0.1, 0.15) is 18.4 Å². The third-order valence-electron chi connectivity index (χ3n) is 8.88. The maximum Gasteiger partial charge on any atom is 0.330 e. The summed E-state index contributed by atoms with van der Waals surface area (Å²) in [6, 6.07) is 28.0. The summed E-state index contributed by atoms with van der Waals surface area (Å²) in [5.74, 6) is -0.705. The third kappa shape index (κ3) is 4.88. The van der Waals surface area contributed by atoms with Gasteiger partial charge >= 0.3 is 5.69 Å². The van der Waals surface area contributed by atoms with Crippen LogP contribution in [0.25, 0.3) is 5.70 Å². The fraction of sp³-hybridized carbons (Fsp3) is 0.265. The van der Waals surface area contributed by atoms with Gasteiger partial charge in [-0.25, -0.2) is 4.79 Å². The van der Waals surface area contributed by atoms with E-state index in [1.165, 1.54) is 15.8 Å². The highest BCUT2D eigenvalue weighted by atomic mass is 127. The van der Waals surface area contributed by atoms with E-state index < -0.39 is 43.9 Å². The minimum absolute atomic E-state index is 0.151. The number of halogens is 1. The van der Waals surface area contributed by atoms with Gasteiger partial charge in [-0.05, 0) is 50.1 Å². The van der Waals surface area contributed by atoms with Crippen molar-refractivity contribution in [1.29, 1.82) is 0 Å². The Morgan fingerprint density at radius 1 is 0.889 bits per heavy atom. The van der Waals surface area contributed by atoms with Gasteiger partial charge in [0.15, 0.2) is 0 Å². The molecule has 1 amide bonds. The van der Waals surface area contributed by atoms with Gasteiger partial charge in [-0.2, -0.15) is 5.06 Å². The molecular formula is C34H32IN3O6Si. The molecule has 4 aromatic rings. The number of ether oxygens (including phenoxy) is 1. The average Bonchev–Trinajstić information content (AvgIpc) is 3.53. The van der Waals surface area contributed by atoms with E-state index >= 15 is 0 Å². The van der Waals surface area contributed by atoms with Crippen LogP contribution in [0, 0.1) is 9.49 Å². The lowest BCUT2D eigenvalue weighted by Crippen LogP contribution is -2.67. The quantitative estimate of drug-likeness (QED) is 0.237. The third-order valence-corrected chi connectivity index (χ3v) is 14.7. The average molecular weight is 734 g/mol. The Bertz CT molecular complexity index is 1880. The zero-order valence-corrected chi connectivity index (χ0v) is 28.1. The SMILES string of the molecule is CC(C)(C)[Si](OC[C@H]1O[C@@H](n2cc(I)c(=O)[nH]c2=O)C2C=C3c4ccccc4C(=O)N3OC21)(c1ccccc1)c1ccccc1. The number of nitrogens with one attached hydrogen (secondary N) is 1. The van der Waals surface area contributed by atoms with Crippen LogP contribution < -0.4 is 21.6 Å². The van der Waals surface area contributed by atoms with Gasteiger partial charge in [-0.15, -0.1) is 0 Å². The number of nitrogens with zero attached hydrogens (tertiary/aromatic N) is 2. The molecule has 4 heterocycles. The molecule has 45 heavy (non-hydrogen) atoms. The van der Waals surface area contributed by atoms with E-state index in [0.717, 1.165) is 15.9 Å². The molecule has 0 saturated carbocycles. The molecule has 1 saturated heterocycles. The van der Waals surface area contributed by atoms with Gasteiger partial charge in [-0.3, -0.25) is 24.0 Å². The van der Waals surface area contributed by atoms with Gasteiger partial charge in [-0.1, -0.05) is 99.6 Å². The Labute approximate surface area is 274 Å². The van der Waals surface area contributed by atoms with Gasteiger partial charge in [0.05, 0.1) is 27.4 Å². The summed E-state index contributed by atoms with van der Waals surface area (Å²) in [7, 11) is -2.94. The molecule has 2 unspecified atom stereocenters. The number of hydroxylamine groups is 2. The number of aromatic amines is 1. The molecule has 1 N–H and O–H groups in total. The summed E-state index contributed by atoms with van der Waals surface area (Å²) in [4.78, 5) is 47.7. The van der Waals surface area contributed by atoms with Crippen molar-refractivity contribution in [2.75, 3.05) is 6.61 Å². The van der Waals surface area contributed by atoms with Crippen molar-refractivity contribution in [3.05, 3.63) is 133 Å². The van der Waals surface area contributed by atoms with E-state index in [2.05, 4.69) is 50.0 Å². The van der Waals surface area contributed by atoms with Crippen molar-refractivity contribution in [3.63, 3.8) is 0 Å². The van der Waals surface area contributed by atoms with E-state index in [9.17, 15) is 14.4 Å². The standard InChI is InChI=1S/C34H32IN3O6Si/c1-34(2,3)45(21-12-6-4-7-13-21,22-14-8-5-9-15-22)42-20-28-29-25(32(43-28)37-19-26(35)30(39)36-33(37)41)18-27-23-16-10-11-17-24(23)31(40)38(27)44-29/h4-19,25,28-29,32H,20H2,1-3H3,(H,36,39,41)/t25?,28-,29?,32-/m1/s1. The highest BCUT2D eigenvalue weighted by Gasteiger charge is 2.55. The Hall–Kier alpha value is -3.62. The first-order valence-electron chi connectivity index (χ1n) is 14.8. The molecule has 4 atom stereocenters. The predicted molar refractivity (Wildman–Crippen MR) is 180 cm³/mol. The van der Waals surface area contributed by atoms with Crippen LogP contribution in [-0.2, 0) is 14.0 Å². The molecule has 1 fully saturated rings. The predicted octanol–water partition coefficient (Wildman–Crippen LogP) is 4.04. The molecule has 0 spiro atoms. The molecule has 1 aromatic heterocycles. The summed E-state index contributed by atoms with van der Waals surface area (Å²) >= 11 is 1.90. The second-order valence-corrected chi connectivity index (χ2v) is 18.0. The van der Waals surface area contributed by atoms with Crippen molar-refractivity contribution in [1.82, 2.24) is 14.6 Å². The first kappa shape index (κ1) is 30.1. The van der Waals surface area contributed by atoms with Crippen molar-refractivity contribution < 1.29 is 18.8 Å². The monoisotopic (exact) mass is 733 g/mol. The molecular weight excluding hydrogens is 701 g/mol. The van der Waals surface area contributed by atoms with E-state index in [-0.39, 0.29) is 17.6 Å². The summed E-state index contributed by atoms with van der Waals surface area (Å²) in [6.07, 6.45) is 1.36. The largest absolute Gasteiger partial charge is 0.405 e. The highest BCUT2D eigenvalue weighted by molar-refractivity contribution is 14.1. The van der Waals surface area contributed by atoms with E-state index in [1.54, 1.807) is 6.07 Å². The second kappa shape index (κ2) is 11.3. The zero-order valence-electron chi connectivity index (χ0n) is 25.0. The minimum atomic E-state index is -2.94. The molecule has 3 aromatic carbocycles. The van der Waals surface area contributed by atoms with Crippen LogP contribution in [0.2, 0.25) is 5.04 Å². The number of fused-ring (bicyclic) bond motifs is 4. The van der Waals surface area contributed by atoms with Crippen LogP contribution in [0.5, 0.6) is 0 Å². The van der Waals surface area contributed by atoms with Gasteiger partial charge in [0, 0.05) is 11.8 Å². The zero-order chi connectivity index (χ0) is 31.5. The molecule has 0 aliphatic carbocycles. The summed E-state index contributed by atoms with van der Waals surface area (Å²) < 4.78 is 15.6. The van der Waals surface area contributed by atoms with Crippen LogP contribution in [0.4, 0.5) is 0 Å². The van der Waals surface area contributed by atoms with Crippen molar-refractivity contribution in [2.24, 2.45) is 5.92 Å². The molecule has 11 heteroatoms. The van der Waals surface area contributed by atoms with Crippen LogP contribution in [-0.4, -0.2) is 47.7 Å². The number of amides is 1. The van der Waals surface area contributed by atoms with Crippen LogP contribution in [0.3, 0.4) is 0 Å². The maximum absolute atomic E-state index is 13.4. The normalized spacial score (nSPS) is 22.5. The Morgan fingerprint density at radius 3 is 2.11 bits per heavy atom. The van der Waals surface area contributed by atoms with Crippen molar-refractivity contribution in [3.8, 4) is 0 Å². The summed E-state index contributed by atoms with van der Waals surface area (Å²) in [6.45, 7) is 6.76. The van der Waals surface area contributed by atoms with Gasteiger partial charge in [0.2, 0.25) is 0 Å². The van der Waals surface area contributed by atoms with E-state index in [4.69, 9.17) is 14.0 Å². The molecule has 9 nitrogen and oxygen atoms in total. The van der Waals surface area contributed by atoms with Crippen molar-refractivity contribution in [2.45, 2.75) is 44.2 Å². The molecule has 3 aliphatic rings. The number of hydrogen-bond donors (Lipinski definition) is 1. The van der Waals surface area contributed by atoms with Crippen LogP contribution >= 0.6 is 22.6 Å². The molecule has 3 aliphatic heterocycles. The highest BCUT2D eigenvalue weighted by Crippen LogP contribution is 2.47. The Kier molecular flexibility index (Phi) is 7.56. The van der Waals surface area contributed by atoms with Crippen LogP contribution in [0.15, 0.2) is 107 Å². The lowest BCUT2D eigenvalue weighted by atomic mass is 9.95. The maximum atomic E-state index is 13.4. The lowest BCUT2D eigenvalue weighted by molar-refractivity contribution is -0.158.